The van der Waals surface area contributed by atoms with E-state index in [1.807, 2.05) is 0 Å². The van der Waals surface area contributed by atoms with Crippen LogP contribution in [0, 0.1) is 5.82 Å². The fourth-order valence-electron chi connectivity index (χ4n) is 1.35. The Balaban J connectivity index is 2.89. The van der Waals surface area contributed by atoms with Crippen molar-refractivity contribution in [1.82, 2.24) is 5.06 Å². The fourth-order valence-corrected chi connectivity index (χ4v) is 1.35. The van der Waals surface area contributed by atoms with Gasteiger partial charge in [-0.2, -0.15) is 0 Å². The lowest BCUT2D eigenvalue weighted by Gasteiger charge is -2.15. The van der Waals surface area contributed by atoms with Gasteiger partial charge in [0.2, 0.25) is 5.91 Å². The maximum Gasteiger partial charge on any atom is 0.248 e. The lowest BCUT2D eigenvalue weighted by atomic mass is 10.1. The van der Waals surface area contributed by atoms with Crippen LogP contribution in [0.25, 0.3) is 0 Å². The predicted octanol–water partition coefficient (Wildman–Crippen LogP) is 1.11. The van der Waals surface area contributed by atoms with Crippen LogP contribution >= 0.6 is 0 Å². The quantitative estimate of drug-likeness (QED) is 0.613. The van der Waals surface area contributed by atoms with Gasteiger partial charge in [-0.25, -0.2) is 9.45 Å². The van der Waals surface area contributed by atoms with Gasteiger partial charge in [0, 0.05) is 12.6 Å². The minimum absolute atomic E-state index is 0.00801. The van der Waals surface area contributed by atoms with Crippen LogP contribution < -0.4 is 4.74 Å². The summed E-state index contributed by atoms with van der Waals surface area (Å²) in [7, 11) is 2.44. The van der Waals surface area contributed by atoms with Gasteiger partial charge >= 0.3 is 0 Å². The largest absolute Gasteiger partial charge is 0.494 e. The maximum absolute atomic E-state index is 13.7. The number of halogens is 1. The molecule has 0 fully saturated rings. The molecule has 1 rings (SSSR count). The Labute approximate surface area is 98.0 Å². The molecule has 1 aromatic rings. The van der Waals surface area contributed by atoms with E-state index in [1.165, 1.54) is 25.3 Å². The highest BCUT2D eigenvalue weighted by Crippen LogP contribution is 2.26. The molecular formula is C11H14FNO4. The van der Waals surface area contributed by atoms with Gasteiger partial charge in [-0.05, 0) is 6.07 Å². The number of nitrogens with zero attached hydrogens (tertiary/aromatic N) is 1. The second-order valence-corrected chi connectivity index (χ2v) is 3.50. The minimum Gasteiger partial charge on any atom is -0.494 e. The van der Waals surface area contributed by atoms with Gasteiger partial charge in [0.15, 0.2) is 11.6 Å². The molecule has 0 aromatic heterocycles. The lowest BCUT2D eigenvalue weighted by molar-refractivity contribution is -0.161. The number of aliphatic hydroxyl groups excluding tert-OH is 1. The molecule has 0 heterocycles. The number of aliphatic hydroxyl groups is 1. The molecule has 94 valence electrons. The van der Waals surface area contributed by atoms with Crippen LogP contribution in [0.1, 0.15) is 18.1 Å². The first kappa shape index (κ1) is 13.4. The van der Waals surface area contributed by atoms with Crippen LogP contribution in [-0.4, -0.2) is 35.4 Å². The molecule has 17 heavy (non-hydrogen) atoms. The molecule has 0 bridgehead atoms. The van der Waals surface area contributed by atoms with Crippen molar-refractivity contribution in [3.8, 4) is 5.75 Å². The maximum atomic E-state index is 13.7. The highest BCUT2D eigenvalue weighted by molar-refractivity contribution is 5.75. The first-order valence-electron chi connectivity index (χ1n) is 4.93. The van der Waals surface area contributed by atoms with Crippen LogP contribution in [0.3, 0.4) is 0 Å². The second kappa shape index (κ2) is 5.60. The molecule has 1 amide bonds. The monoisotopic (exact) mass is 243 g/mol. The minimum atomic E-state index is -1.33. The van der Waals surface area contributed by atoms with E-state index in [1.54, 1.807) is 0 Å². The highest BCUT2D eigenvalue weighted by atomic mass is 19.1. The SMILES string of the molecule is COc1cccc(C(O)CC(=O)N(C)O)c1F. The van der Waals surface area contributed by atoms with Gasteiger partial charge < -0.3 is 9.84 Å². The Hall–Kier alpha value is -1.66. The summed E-state index contributed by atoms with van der Waals surface area (Å²) in [4.78, 5) is 11.2. The summed E-state index contributed by atoms with van der Waals surface area (Å²) < 4.78 is 18.5. The number of hydroxylamine groups is 2. The number of carbonyl (C=O) groups is 1. The first-order chi connectivity index (χ1) is 7.97. The number of hydrogen-bond acceptors (Lipinski definition) is 4. The van der Waals surface area contributed by atoms with Crippen molar-refractivity contribution in [2.75, 3.05) is 14.2 Å². The summed E-state index contributed by atoms with van der Waals surface area (Å²) in [6.45, 7) is 0. The summed E-state index contributed by atoms with van der Waals surface area (Å²) in [6, 6.07) is 4.27. The van der Waals surface area contributed by atoms with Gasteiger partial charge in [0.1, 0.15) is 0 Å². The van der Waals surface area contributed by atoms with Gasteiger partial charge in [0.25, 0.3) is 0 Å². The zero-order valence-corrected chi connectivity index (χ0v) is 9.55. The summed E-state index contributed by atoms with van der Waals surface area (Å²) in [5, 5.41) is 18.9. The van der Waals surface area contributed by atoms with Crippen molar-refractivity contribution in [2.24, 2.45) is 0 Å². The zero-order valence-electron chi connectivity index (χ0n) is 9.55. The standard InChI is InChI=1S/C11H14FNO4/c1-13(16)10(15)6-8(14)7-4-3-5-9(17-2)11(7)12/h3-5,8,14,16H,6H2,1-2H3. The zero-order chi connectivity index (χ0) is 13.0. The van der Waals surface area contributed by atoms with Crippen molar-refractivity contribution < 1.29 is 24.2 Å². The van der Waals surface area contributed by atoms with Crippen molar-refractivity contribution in [2.45, 2.75) is 12.5 Å². The Kier molecular flexibility index (Phi) is 4.42. The number of benzene rings is 1. The summed E-state index contributed by atoms with van der Waals surface area (Å²) in [5.74, 6) is -1.43. The molecule has 6 heteroatoms. The van der Waals surface area contributed by atoms with Crippen LogP contribution in [-0.2, 0) is 4.79 Å². The van der Waals surface area contributed by atoms with Gasteiger partial charge in [-0.3, -0.25) is 10.0 Å². The molecule has 1 unspecified atom stereocenters. The number of ether oxygens (including phenoxy) is 1. The van der Waals surface area contributed by atoms with Gasteiger partial charge in [-0.1, -0.05) is 12.1 Å². The highest BCUT2D eigenvalue weighted by Gasteiger charge is 2.20. The Morgan fingerprint density at radius 3 is 2.76 bits per heavy atom. The average molecular weight is 243 g/mol. The molecule has 0 saturated carbocycles. The van der Waals surface area contributed by atoms with Crippen molar-refractivity contribution in [1.29, 1.82) is 0 Å². The molecule has 0 radical (unpaired) electrons. The molecule has 2 N–H and O–H groups in total. The third kappa shape index (κ3) is 3.15. The molecular weight excluding hydrogens is 229 g/mol. The molecule has 0 aliphatic carbocycles. The molecule has 0 aliphatic rings. The number of amides is 1. The predicted molar refractivity (Wildman–Crippen MR) is 57.1 cm³/mol. The normalized spacial score (nSPS) is 12.1. The third-order valence-electron chi connectivity index (χ3n) is 2.30. The van der Waals surface area contributed by atoms with E-state index in [9.17, 15) is 14.3 Å². The smallest absolute Gasteiger partial charge is 0.248 e. The van der Waals surface area contributed by atoms with Crippen LogP contribution in [0.15, 0.2) is 18.2 Å². The number of carbonyl (C=O) groups excluding carboxylic acids is 1. The van der Waals surface area contributed by atoms with Gasteiger partial charge in [-0.15, -0.1) is 0 Å². The summed E-state index contributed by atoms with van der Waals surface area (Å²) in [6.07, 6.45) is -1.73. The van der Waals surface area contributed by atoms with E-state index in [2.05, 4.69) is 0 Å². The lowest BCUT2D eigenvalue weighted by Crippen LogP contribution is -2.24. The molecule has 1 aromatic carbocycles. The Morgan fingerprint density at radius 2 is 2.24 bits per heavy atom. The van der Waals surface area contributed by atoms with Crippen LogP contribution in [0.5, 0.6) is 5.75 Å². The van der Waals surface area contributed by atoms with E-state index in [0.29, 0.717) is 5.06 Å². The third-order valence-corrected chi connectivity index (χ3v) is 2.30. The van der Waals surface area contributed by atoms with Crippen molar-refractivity contribution in [3.05, 3.63) is 29.6 Å². The van der Waals surface area contributed by atoms with E-state index in [4.69, 9.17) is 9.94 Å². The van der Waals surface area contributed by atoms with E-state index < -0.39 is 24.2 Å². The first-order valence-corrected chi connectivity index (χ1v) is 4.93. The van der Waals surface area contributed by atoms with Crippen molar-refractivity contribution >= 4 is 5.91 Å². The topological polar surface area (TPSA) is 70.0 Å². The Morgan fingerprint density at radius 1 is 1.59 bits per heavy atom. The Bertz CT molecular complexity index is 408. The molecule has 0 saturated heterocycles. The average Bonchev–Trinajstić information content (AvgIpc) is 2.28. The fraction of sp³-hybridized carbons (Fsp3) is 0.364. The van der Waals surface area contributed by atoms with E-state index >= 15 is 0 Å². The van der Waals surface area contributed by atoms with Crippen LogP contribution in [0.2, 0.25) is 0 Å². The molecule has 5 nitrogen and oxygen atoms in total. The summed E-state index contributed by atoms with van der Waals surface area (Å²) in [5.41, 5.74) is -0.0421. The summed E-state index contributed by atoms with van der Waals surface area (Å²) >= 11 is 0. The number of rotatable bonds is 4. The number of methoxy groups -OCH3 is 1. The number of hydrogen-bond donors (Lipinski definition) is 2. The van der Waals surface area contributed by atoms with Crippen LogP contribution in [0.4, 0.5) is 4.39 Å². The molecule has 0 spiro atoms. The second-order valence-electron chi connectivity index (χ2n) is 3.50. The molecule has 1 atom stereocenters. The van der Waals surface area contributed by atoms with E-state index in [0.717, 1.165) is 7.05 Å². The molecule has 0 aliphatic heterocycles. The van der Waals surface area contributed by atoms with Gasteiger partial charge in [0.05, 0.1) is 19.6 Å². The van der Waals surface area contributed by atoms with E-state index in [-0.39, 0.29) is 11.3 Å². The van der Waals surface area contributed by atoms with Crippen molar-refractivity contribution in [3.63, 3.8) is 0 Å².